The summed E-state index contributed by atoms with van der Waals surface area (Å²) in [5.74, 6) is 1.29. The molecule has 138 valence electrons. The fraction of sp³-hybridized carbons (Fsp3) is 0.286. The second-order valence-electron chi connectivity index (χ2n) is 6.85. The number of nitrogens with one attached hydrogen (secondary N) is 1. The van der Waals surface area contributed by atoms with Crippen molar-refractivity contribution in [2.45, 2.75) is 25.3 Å². The third-order valence-electron chi connectivity index (χ3n) is 4.95. The van der Waals surface area contributed by atoms with Crippen LogP contribution in [0.3, 0.4) is 0 Å². The van der Waals surface area contributed by atoms with E-state index in [9.17, 15) is 4.79 Å². The third-order valence-corrected chi connectivity index (χ3v) is 4.95. The molecular formula is C21H23N5O. The molecular weight excluding hydrogens is 338 g/mol. The second kappa shape index (κ2) is 8.03. The smallest absolute Gasteiger partial charge is 0.321 e. The quantitative estimate of drug-likeness (QED) is 0.770. The fourth-order valence-corrected chi connectivity index (χ4v) is 3.60. The van der Waals surface area contributed by atoms with Gasteiger partial charge in [-0.2, -0.15) is 0 Å². The molecule has 2 amide bonds. The minimum Gasteiger partial charge on any atom is -0.330 e. The van der Waals surface area contributed by atoms with Gasteiger partial charge in [0.2, 0.25) is 0 Å². The molecule has 0 spiro atoms. The number of urea groups is 1. The molecule has 1 unspecified atom stereocenters. The Morgan fingerprint density at radius 3 is 2.74 bits per heavy atom. The minimum absolute atomic E-state index is 0.0434. The van der Waals surface area contributed by atoms with E-state index in [-0.39, 0.29) is 11.9 Å². The number of aromatic nitrogens is 3. The number of hydrogen-bond acceptors (Lipinski definition) is 3. The first-order chi connectivity index (χ1) is 13.3. The standard InChI is InChI=1S/C21H23N5O/c27-21(24-19-6-2-1-3-7-19)26-13-4-5-18(16-26)20-23-12-14-25(20)15-17-8-10-22-11-9-17/h1-3,6-12,14,18H,4-5,13,15-16H2,(H,24,27). The zero-order valence-corrected chi connectivity index (χ0v) is 15.2. The van der Waals surface area contributed by atoms with Crippen LogP contribution in [0.25, 0.3) is 0 Å². The first-order valence-electron chi connectivity index (χ1n) is 9.30. The van der Waals surface area contributed by atoms with E-state index in [4.69, 9.17) is 0 Å². The molecule has 6 nitrogen and oxygen atoms in total. The van der Waals surface area contributed by atoms with Crippen molar-refractivity contribution in [3.8, 4) is 0 Å². The van der Waals surface area contributed by atoms with Crippen molar-refractivity contribution in [3.05, 3.63) is 78.6 Å². The lowest BCUT2D eigenvalue weighted by Crippen LogP contribution is -2.42. The highest BCUT2D eigenvalue weighted by Gasteiger charge is 2.27. The first-order valence-corrected chi connectivity index (χ1v) is 9.30. The van der Waals surface area contributed by atoms with Gasteiger partial charge in [-0.1, -0.05) is 18.2 Å². The van der Waals surface area contributed by atoms with E-state index in [0.29, 0.717) is 6.54 Å². The maximum absolute atomic E-state index is 12.6. The molecule has 4 rings (SSSR count). The summed E-state index contributed by atoms with van der Waals surface area (Å²) in [6, 6.07) is 13.6. The Labute approximate surface area is 158 Å². The molecule has 1 aliphatic heterocycles. The summed E-state index contributed by atoms with van der Waals surface area (Å²) in [6.45, 7) is 2.23. The molecule has 0 radical (unpaired) electrons. The molecule has 1 saturated heterocycles. The molecule has 2 aromatic heterocycles. The monoisotopic (exact) mass is 361 g/mol. The second-order valence-corrected chi connectivity index (χ2v) is 6.85. The average molecular weight is 361 g/mol. The van der Waals surface area contributed by atoms with Crippen LogP contribution >= 0.6 is 0 Å². The van der Waals surface area contributed by atoms with Crippen LogP contribution in [0.1, 0.15) is 30.1 Å². The number of hydrogen-bond donors (Lipinski definition) is 1. The minimum atomic E-state index is -0.0434. The van der Waals surface area contributed by atoms with Crippen LogP contribution in [-0.2, 0) is 6.54 Å². The summed E-state index contributed by atoms with van der Waals surface area (Å²) in [4.78, 5) is 23.2. The summed E-state index contributed by atoms with van der Waals surface area (Å²) >= 11 is 0. The Bertz CT molecular complexity index is 878. The van der Waals surface area contributed by atoms with Crippen molar-refractivity contribution in [2.24, 2.45) is 0 Å². The number of carbonyl (C=O) groups is 1. The number of pyridine rings is 1. The van der Waals surface area contributed by atoms with Gasteiger partial charge < -0.3 is 14.8 Å². The van der Waals surface area contributed by atoms with Crippen molar-refractivity contribution >= 4 is 11.7 Å². The summed E-state index contributed by atoms with van der Waals surface area (Å²) < 4.78 is 2.18. The van der Waals surface area contributed by atoms with Gasteiger partial charge in [0.1, 0.15) is 5.82 Å². The number of piperidine rings is 1. The number of imidazole rings is 1. The topological polar surface area (TPSA) is 63.1 Å². The summed E-state index contributed by atoms with van der Waals surface area (Å²) in [5, 5.41) is 2.98. The van der Waals surface area contributed by atoms with Crippen LogP contribution < -0.4 is 5.32 Å². The van der Waals surface area contributed by atoms with Crippen LogP contribution in [0.2, 0.25) is 0 Å². The predicted molar refractivity (Wildman–Crippen MR) is 105 cm³/mol. The van der Waals surface area contributed by atoms with Crippen LogP contribution in [0, 0.1) is 0 Å². The van der Waals surface area contributed by atoms with Gasteiger partial charge in [0, 0.05) is 56.0 Å². The van der Waals surface area contributed by atoms with Crippen LogP contribution in [0.5, 0.6) is 0 Å². The lowest BCUT2D eigenvalue weighted by molar-refractivity contribution is 0.190. The fourth-order valence-electron chi connectivity index (χ4n) is 3.60. The van der Waals surface area contributed by atoms with Crippen LogP contribution in [-0.4, -0.2) is 38.6 Å². The van der Waals surface area contributed by atoms with Gasteiger partial charge in [-0.3, -0.25) is 4.98 Å². The number of carbonyl (C=O) groups excluding carboxylic acids is 1. The van der Waals surface area contributed by atoms with Gasteiger partial charge in [0.25, 0.3) is 0 Å². The zero-order valence-electron chi connectivity index (χ0n) is 15.2. The van der Waals surface area contributed by atoms with Crippen molar-refractivity contribution in [1.82, 2.24) is 19.4 Å². The van der Waals surface area contributed by atoms with E-state index < -0.39 is 0 Å². The maximum Gasteiger partial charge on any atom is 0.321 e. The van der Waals surface area contributed by atoms with E-state index >= 15 is 0 Å². The zero-order chi connectivity index (χ0) is 18.5. The van der Waals surface area contributed by atoms with Gasteiger partial charge in [0.15, 0.2) is 0 Å². The van der Waals surface area contributed by atoms with Crippen molar-refractivity contribution < 1.29 is 4.79 Å². The Balaban J connectivity index is 1.44. The predicted octanol–water partition coefficient (Wildman–Crippen LogP) is 3.74. The van der Waals surface area contributed by atoms with Crippen LogP contribution in [0.4, 0.5) is 10.5 Å². The molecule has 3 heterocycles. The molecule has 1 fully saturated rings. The largest absolute Gasteiger partial charge is 0.330 e. The van der Waals surface area contributed by atoms with E-state index in [1.807, 2.05) is 72.2 Å². The highest BCUT2D eigenvalue weighted by molar-refractivity contribution is 5.89. The van der Waals surface area contributed by atoms with Crippen molar-refractivity contribution in [1.29, 1.82) is 0 Å². The van der Waals surface area contributed by atoms with Crippen molar-refractivity contribution in [2.75, 3.05) is 18.4 Å². The molecule has 3 aromatic rings. The molecule has 6 heteroatoms. The molecule has 0 saturated carbocycles. The number of likely N-dealkylation sites (tertiary alicyclic amines) is 1. The average Bonchev–Trinajstić information content (AvgIpc) is 3.18. The highest BCUT2D eigenvalue weighted by atomic mass is 16.2. The Kier molecular flexibility index (Phi) is 5.14. The molecule has 27 heavy (non-hydrogen) atoms. The Morgan fingerprint density at radius 2 is 1.93 bits per heavy atom. The first kappa shape index (κ1) is 17.3. The summed E-state index contributed by atoms with van der Waals surface area (Å²) in [7, 11) is 0. The maximum atomic E-state index is 12.6. The number of rotatable bonds is 4. The molecule has 0 aliphatic carbocycles. The van der Waals surface area contributed by atoms with E-state index in [1.54, 1.807) is 0 Å². The number of para-hydroxylation sites is 1. The number of nitrogens with zero attached hydrogens (tertiary/aromatic N) is 4. The lowest BCUT2D eigenvalue weighted by atomic mass is 9.97. The van der Waals surface area contributed by atoms with Crippen LogP contribution in [0.15, 0.2) is 67.3 Å². The van der Waals surface area contributed by atoms with Gasteiger partial charge in [-0.05, 0) is 42.7 Å². The van der Waals surface area contributed by atoms with E-state index in [0.717, 1.165) is 37.4 Å². The highest BCUT2D eigenvalue weighted by Crippen LogP contribution is 2.26. The van der Waals surface area contributed by atoms with E-state index in [2.05, 4.69) is 19.9 Å². The number of amides is 2. The molecule has 0 bridgehead atoms. The Hall–Kier alpha value is -3.15. The SMILES string of the molecule is O=C(Nc1ccccc1)N1CCCC(c2nccn2Cc2ccncc2)C1. The van der Waals surface area contributed by atoms with Crippen molar-refractivity contribution in [3.63, 3.8) is 0 Å². The Morgan fingerprint density at radius 1 is 1.11 bits per heavy atom. The van der Waals surface area contributed by atoms with Gasteiger partial charge in [-0.15, -0.1) is 0 Å². The van der Waals surface area contributed by atoms with E-state index in [1.165, 1.54) is 5.56 Å². The number of benzene rings is 1. The third kappa shape index (κ3) is 4.16. The normalized spacial score (nSPS) is 16.9. The van der Waals surface area contributed by atoms with Gasteiger partial charge >= 0.3 is 6.03 Å². The molecule has 1 aromatic carbocycles. The van der Waals surface area contributed by atoms with Gasteiger partial charge in [0.05, 0.1) is 0 Å². The summed E-state index contributed by atoms with van der Waals surface area (Å²) in [5.41, 5.74) is 2.02. The number of anilines is 1. The van der Waals surface area contributed by atoms with Gasteiger partial charge in [-0.25, -0.2) is 9.78 Å². The molecule has 1 N–H and O–H groups in total. The molecule has 1 atom stereocenters. The lowest BCUT2D eigenvalue weighted by Gasteiger charge is -2.32. The molecule has 1 aliphatic rings. The summed E-state index contributed by atoms with van der Waals surface area (Å²) in [6.07, 6.45) is 9.50.